The Morgan fingerprint density at radius 2 is 2.22 bits per heavy atom. The molecule has 1 heterocycles. The number of aryl methyl sites for hydroxylation is 1. The van der Waals surface area contributed by atoms with Crippen molar-refractivity contribution in [1.29, 1.82) is 0 Å². The van der Waals surface area contributed by atoms with Crippen LogP contribution in [0.5, 0.6) is 0 Å². The van der Waals surface area contributed by atoms with Gasteiger partial charge in [-0.3, -0.25) is 4.79 Å². The second kappa shape index (κ2) is 4.90. The smallest absolute Gasteiger partial charge is 0.287 e. The average Bonchev–Trinajstić information content (AvgIpc) is 2.27. The summed E-state index contributed by atoms with van der Waals surface area (Å²) < 4.78 is 1.23. The molecular weight excluding hydrogens is 252 g/mol. The molecule has 0 saturated heterocycles. The zero-order valence-corrected chi connectivity index (χ0v) is 11.8. The van der Waals surface area contributed by atoms with Crippen LogP contribution in [0.3, 0.4) is 0 Å². The van der Waals surface area contributed by atoms with Crippen LogP contribution in [-0.4, -0.2) is 40.9 Å². The number of halogens is 1. The number of likely N-dealkylation sites (N-methyl/N-ethyl adjacent to an activating group) is 1. The van der Waals surface area contributed by atoms with Gasteiger partial charge >= 0.3 is 0 Å². The van der Waals surface area contributed by atoms with Gasteiger partial charge < -0.3 is 10.2 Å². The van der Waals surface area contributed by atoms with Gasteiger partial charge in [-0.2, -0.15) is 5.10 Å². The molecule has 0 unspecified atom stereocenters. The van der Waals surface area contributed by atoms with E-state index in [1.54, 1.807) is 13.2 Å². The van der Waals surface area contributed by atoms with Gasteiger partial charge in [-0.25, -0.2) is 4.68 Å². The Morgan fingerprint density at radius 3 is 2.72 bits per heavy atom. The molecule has 18 heavy (non-hydrogen) atoms. The molecule has 0 amide bonds. The first kappa shape index (κ1) is 13.4. The van der Waals surface area contributed by atoms with Gasteiger partial charge in [0.25, 0.3) is 5.56 Å². The first-order chi connectivity index (χ1) is 8.46. The summed E-state index contributed by atoms with van der Waals surface area (Å²) in [5, 5.41) is 7.44. The lowest BCUT2D eigenvalue weighted by atomic mass is 9.75. The lowest BCUT2D eigenvalue weighted by molar-refractivity contribution is 0.0739. The molecule has 0 radical (unpaired) electrons. The highest BCUT2D eigenvalue weighted by molar-refractivity contribution is 6.32. The SMILES string of the molecule is CN(C)C1(CNc2cnn(C)c(=O)c2Cl)CCC1. The van der Waals surface area contributed by atoms with Crippen LogP contribution in [0.4, 0.5) is 5.69 Å². The van der Waals surface area contributed by atoms with Crippen LogP contribution in [0.2, 0.25) is 5.02 Å². The van der Waals surface area contributed by atoms with E-state index in [0.717, 1.165) is 6.54 Å². The standard InChI is InChI=1S/C12H19ClN4O/c1-16(2)12(5-4-6-12)8-14-9-7-15-17(3)11(18)10(9)13/h7,14H,4-6,8H2,1-3H3. The van der Waals surface area contributed by atoms with Crippen molar-refractivity contribution in [3.8, 4) is 0 Å². The van der Waals surface area contributed by atoms with E-state index in [0.29, 0.717) is 5.69 Å². The minimum absolute atomic E-state index is 0.185. The van der Waals surface area contributed by atoms with Crippen molar-refractivity contribution < 1.29 is 0 Å². The molecule has 0 aliphatic heterocycles. The van der Waals surface area contributed by atoms with E-state index in [4.69, 9.17) is 11.6 Å². The third-order valence-corrected chi connectivity index (χ3v) is 4.28. The fourth-order valence-corrected chi connectivity index (χ4v) is 2.50. The monoisotopic (exact) mass is 270 g/mol. The third kappa shape index (κ3) is 2.24. The summed E-state index contributed by atoms with van der Waals surface area (Å²) in [5.41, 5.74) is 0.534. The second-order valence-corrected chi connectivity index (χ2v) is 5.50. The quantitative estimate of drug-likeness (QED) is 0.897. The number of nitrogens with zero attached hydrogens (tertiary/aromatic N) is 3. The molecule has 0 spiro atoms. The fourth-order valence-electron chi connectivity index (χ4n) is 2.26. The van der Waals surface area contributed by atoms with E-state index in [-0.39, 0.29) is 16.1 Å². The number of aromatic nitrogens is 2. The van der Waals surface area contributed by atoms with E-state index < -0.39 is 0 Å². The Bertz CT molecular complexity index is 493. The van der Waals surface area contributed by atoms with Crippen molar-refractivity contribution in [1.82, 2.24) is 14.7 Å². The normalized spacial score (nSPS) is 17.6. The van der Waals surface area contributed by atoms with Gasteiger partial charge in [0.05, 0.1) is 11.9 Å². The van der Waals surface area contributed by atoms with Gasteiger partial charge in [-0.15, -0.1) is 0 Å². The lowest BCUT2D eigenvalue weighted by Gasteiger charge is -2.47. The summed E-state index contributed by atoms with van der Waals surface area (Å²) >= 11 is 6.02. The van der Waals surface area contributed by atoms with Gasteiger partial charge in [0.1, 0.15) is 5.02 Å². The van der Waals surface area contributed by atoms with Gasteiger partial charge in [0, 0.05) is 19.1 Å². The minimum Gasteiger partial charge on any atom is -0.381 e. The van der Waals surface area contributed by atoms with Crippen LogP contribution in [0.15, 0.2) is 11.0 Å². The topological polar surface area (TPSA) is 50.2 Å². The molecule has 1 aromatic heterocycles. The molecule has 2 rings (SSSR count). The molecule has 1 aromatic rings. The molecule has 1 saturated carbocycles. The van der Waals surface area contributed by atoms with Gasteiger partial charge in [0.2, 0.25) is 0 Å². The molecule has 1 aliphatic carbocycles. The zero-order chi connectivity index (χ0) is 13.3. The average molecular weight is 271 g/mol. The molecule has 1 aliphatic rings. The summed E-state index contributed by atoms with van der Waals surface area (Å²) in [5.74, 6) is 0. The fraction of sp³-hybridized carbons (Fsp3) is 0.667. The summed E-state index contributed by atoms with van der Waals surface area (Å²) in [6.45, 7) is 0.786. The predicted molar refractivity (Wildman–Crippen MR) is 73.2 cm³/mol. The summed E-state index contributed by atoms with van der Waals surface area (Å²) in [6.07, 6.45) is 5.19. The summed E-state index contributed by atoms with van der Waals surface area (Å²) in [7, 11) is 5.76. The molecular formula is C12H19ClN4O. The Labute approximate surface area is 112 Å². The van der Waals surface area contributed by atoms with Crippen molar-refractivity contribution in [2.45, 2.75) is 24.8 Å². The van der Waals surface area contributed by atoms with Gasteiger partial charge in [-0.05, 0) is 33.4 Å². The maximum absolute atomic E-state index is 11.6. The maximum Gasteiger partial charge on any atom is 0.287 e. The summed E-state index contributed by atoms with van der Waals surface area (Å²) in [4.78, 5) is 13.9. The second-order valence-electron chi connectivity index (χ2n) is 5.13. The van der Waals surface area contributed by atoms with Crippen LogP contribution in [0.25, 0.3) is 0 Å². The number of anilines is 1. The van der Waals surface area contributed by atoms with E-state index in [2.05, 4.69) is 29.4 Å². The summed E-state index contributed by atoms with van der Waals surface area (Å²) in [6, 6.07) is 0. The highest BCUT2D eigenvalue weighted by Gasteiger charge is 2.38. The van der Waals surface area contributed by atoms with Crippen molar-refractivity contribution in [3.05, 3.63) is 21.6 Å². The first-order valence-electron chi connectivity index (χ1n) is 6.09. The predicted octanol–water partition coefficient (Wildman–Crippen LogP) is 1.33. The zero-order valence-electron chi connectivity index (χ0n) is 11.0. The Kier molecular flexibility index (Phi) is 3.64. The van der Waals surface area contributed by atoms with E-state index in [9.17, 15) is 4.79 Å². The molecule has 100 valence electrons. The van der Waals surface area contributed by atoms with E-state index in [1.807, 2.05) is 0 Å². The highest BCUT2D eigenvalue weighted by Crippen LogP contribution is 2.36. The highest BCUT2D eigenvalue weighted by atomic mass is 35.5. The molecule has 5 nitrogen and oxygen atoms in total. The lowest BCUT2D eigenvalue weighted by Crippen LogP contribution is -2.54. The van der Waals surface area contributed by atoms with Crippen LogP contribution in [0, 0.1) is 0 Å². The van der Waals surface area contributed by atoms with E-state index >= 15 is 0 Å². The number of hydrogen-bond donors (Lipinski definition) is 1. The minimum atomic E-state index is -0.269. The molecule has 0 atom stereocenters. The molecule has 0 aromatic carbocycles. The van der Waals surface area contributed by atoms with Gasteiger partial charge in [-0.1, -0.05) is 11.6 Å². The first-order valence-corrected chi connectivity index (χ1v) is 6.47. The molecule has 1 fully saturated rings. The van der Waals surface area contributed by atoms with Crippen LogP contribution in [0.1, 0.15) is 19.3 Å². The van der Waals surface area contributed by atoms with E-state index in [1.165, 1.54) is 23.9 Å². The van der Waals surface area contributed by atoms with Crippen molar-refractivity contribution in [2.75, 3.05) is 26.0 Å². The Balaban J connectivity index is 2.11. The number of nitrogens with one attached hydrogen (secondary N) is 1. The van der Waals surface area contributed by atoms with Crippen molar-refractivity contribution in [2.24, 2.45) is 7.05 Å². The van der Waals surface area contributed by atoms with Crippen LogP contribution >= 0.6 is 11.6 Å². The molecule has 0 bridgehead atoms. The Hall–Kier alpha value is -1.07. The van der Waals surface area contributed by atoms with Crippen molar-refractivity contribution >= 4 is 17.3 Å². The van der Waals surface area contributed by atoms with Gasteiger partial charge in [0.15, 0.2) is 0 Å². The maximum atomic E-state index is 11.6. The molecule has 6 heteroatoms. The third-order valence-electron chi connectivity index (χ3n) is 3.92. The van der Waals surface area contributed by atoms with Crippen LogP contribution < -0.4 is 10.9 Å². The van der Waals surface area contributed by atoms with Crippen molar-refractivity contribution in [3.63, 3.8) is 0 Å². The number of hydrogen-bond acceptors (Lipinski definition) is 4. The van der Waals surface area contributed by atoms with Crippen LogP contribution in [-0.2, 0) is 7.05 Å². The Morgan fingerprint density at radius 1 is 1.56 bits per heavy atom. The number of rotatable bonds is 4. The molecule has 1 N–H and O–H groups in total. The largest absolute Gasteiger partial charge is 0.381 e.